The molecule has 2 unspecified atom stereocenters. The van der Waals surface area contributed by atoms with Crippen LogP contribution in [0.15, 0.2) is 42.7 Å². The molecule has 0 saturated carbocycles. The van der Waals surface area contributed by atoms with E-state index in [1.165, 1.54) is 0 Å². The van der Waals surface area contributed by atoms with Gasteiger partial charge in [-0.2, -0.15) is 5.10 Å². The van der Waals surface area contributed by atoms with Crippen LogP contribution >= 0.6 is 12.4 Å². The van der Waals surface area contributed by atoms with Gasteiger partial charge in [-0.25, -0.2) is 4.68 Å². The number of hydrogen-bond donors (Lipinski definition) is 2. The van der Waals surface area contributed by atoms with Crippen LogP contribution in [0.3, 0.4) is 0 Å². The summed E-state index contributed by atoms with van der Waals surface area (Å²) in [5.41, 5.74) is 2.01. The van der Waals surface area contributed by atoms with Crippen molar-refractivity contribution < 1.29 is 9.53 Å². The molecule has 2 aromatic rings. The van der Waals surface area contributed by atoms with Crippen molar-refractivity contribution in [3.05, 3.63) is 48.3 Å². The molecule has 0 bridgehead atoms. The molecule has 1 aliphatic rings. The van der Waals surface area contributed by atoms with Gasteiger partial charge in [-0.3, -0.25) is 4.79 Å². The lowest BCUT2D eigenvalue weighted by Crippen LogP contribution is -2.51. The lowest BCUT2D eigenvalue weighted by Gasteiger charge is -2.25. The van der Waals surface area contributed by atoms with E-state index in [9.17, 15) is 4.79 Å². The Morgan fingerprint density at radius 1 is 1.48 bits per heavy atom. The Labute approximate surface area is 141 Å². The van der Waals surface area contributed by atoms with E-state index >= 15 is 0 Å². The number of rotatable bonds is 4. The van der Waals surface area contributed by atoms with Gasteiger partial charge in [-0.05, 0) is 30.7 Å². The van der Waals surface area contributed by atoms with Crippen molar-refractivity contribution in [3.63, 3.8) is 0 Å². The van der Waals surface area contributed by atoms with Crippen LogP contribution in [0.4, 0.5) is 0 Å². The summed E-state index contributed by atoms with van der Waals surface area (Å²) in [6.45, 7) is 3.77. The highest BCUT2D eigenvalue weighted by Crippen LogP contribution is 2.16. The van der Waals surface area contributed by atoms with Crippen molar-refractivity contribution >= 4 is 18.3 Å². The van der Waals surface area contributed by atoms with Crippen LogP contribution in [0, 0.1) is 0 Å². The van der Waals surface area contributed by atoms with Gasteiger partial charge in [-0.1, -0.05) is 12.1 Å². The highest BCUT2D eigenvalue weighted by atomic mass is 35.5. The van der Waals surface area contributed by atoms with Crippen molar-refractivity contribution in [3.8, 4) is 5.69 Å². The zero-order chi connectivity index (χ0) is 15.4. The molecule has 0 aliphatic carbocycles. The molecule has 124 valence electrons. The number of amides is 1. The minimum Gasteiger partial charge on any atom is -0.378 e. The molecule has 1 amide bonds. The number of ether oxygens (including phenoxy) is 1. The minimum atomic E-state index is -0.273. The van der Waals surface area contributed by atoms with E-state index in [4.69, 9.17) is 4.74 Å². The maximum Gasteiger partial charge on any atom is 0.240 e. The monoisotopic (exact) mass is 336 g/mol. The van der Waals surface area contributed by atoms with Gasteiger partial charge in [0.2, 0.25) is 5.91 Å². The number of halogens is 1. The molecular weight excluding hydrogens is 316 g/mol. The van der Waals surface area contributed by atoms with Gasteiger partial charge >= 0.3 is 0 Å². The van der Waals surface area contributed by atoms with Crippen LogP contribution in [0.2, 0.25) is 0 Å². The quantitative estimate of drug-likeness (QED) is 0.887. The molecule has 1 saturated heterocycles. The maximum atomic E-state index is 12.2. The van der Waals surface area contributed by atoms with Crippen LogP contribution in [0.1, 0.15) is 18.5 Å². The molecule has 3 rings (SSSR count). The predicted molar refractivity (Wildman–Crippen MR) is 90.0 cm³/mol. The number of morpholine rings is 1. The highest BCUT2D eigenvalue weighted by molar-refractivity contribution is 5.85. The Hall–Kier alpha value is -1.89. The zero-order valence-electron chi connectivity index (χ0n) is 12.9. The third kappa shape index (κ3) is 4.31. The van der Waals surface area contributed by atoms with Gasteiger partial charge in [0, 0.05) is 18.9 Å². The van der Waals surface area contributed by atoms with Crippen molar-refractivity contribution in [1.29, 1.82) is 0 Å². The fourth-order valence-corrected chi connectivity index (χ4v) is 2.49. The summed E-state index contributed by atoms with van der Waals surface area (Å²) >= 11 is 0. The normalized spacial score (nSPS) is 18.7. The van der Waals surface area contributed by atoms with Crippen LogP contribution in [0.25, 0.3) is 5.69 Å². The fraction of sp³-hybridized carbons (Fsp3) is 0.375. The molecule has 7 heteroatoms. The molecule has 23 heavy (non-hydrogen) atoms. The largest absolute Gasteiger partial charge is 0.378 e. The van der Waals surface area contributed by atoms with Gasteiger partial charge in [0.1, 0.15) is 6.04 Å². The number of carbonyl (C=O) groups excluding carboxylic acids is 1. The molecule has 2 atom stereocenters. The third-order valence-electron chi connectivity index (χ3n) is 3.74. The van der Waals surface area contributed by atoms with E-state index in [1.807, 2.05) is 43.5 Å². The average Bonchev–Trinajstić information content (AvgIpc) is 3.10. The topological polar surface area (TPSA) is 68.2 Å². The summed E-state index contributed by atoms with van der Waals surface area (Å²) in [6.07, 6.45) is 3.64. The maximum absolute atomic E-state index is 12.2. The number of carbonyl (C=O) groups is 1. The highest BCUT2D eigenvalue weighted by Gasteiger charge is 2.22. The van der Waals surface area contributed by atoms with E-state index in [-0.39, 0.29) is 30.4 Å². The number of aromatic nitrogens is 2. The molecular formula is C16H21ClN4O2. The lowest BCUT2D eigenvalue weighted by molar-refractivity contribution is -0.126. The van der Waals surface area contributed by atoms with Crippen LogP contribution in [-0.2, 0) is 9.53 Å². The zero-order valence-corrected chi connectivity index (χ0v) is 13.8. The van der Waals surface area contributed by atoms with Crippen molar-refractivity contribution in [1.82, 2.24) is 20.4 Å². The van der Waals surface area contributed by atoms with E-state index in [1.54, 1.807) is 10.9 Å². The molecule has 2 N–H and O–H groups in total. The van der Waals surface area contributed by atoms with Gasteiger partial charge in [-0.15, -0.1) is 12.4 Å². The molecule has 1 fully saturated rings. The summed E-state index contributed by atoms with van der Waals surface area (Å²) in [5.74, 6) is -0.0308. The summed E-state index contributed by atoms with van der Waals surface area (Å²) in [7, 11) is 0. The molecule has 1 aromatic heterocycles. The van der Waals surface area contributed by atoms with Gasteiger partial charge in [0.05, 0.1) is 24.9 Å². The summed E-state index contributed by atoms with van der Waals surface area (Å²) < 4.78 is 7.12. The van der Waals surface area contributed by atoms with E-state index in [0.29, 0.717) is 19.8 Å². The standard InChI is InChI=1S/C16H20N4O2.ClH/c1-12(19-16(21)15-11-22-9-7-17-15)13-4-2-5-14(10-13)20-8-3-6-18-20;/h2-6,8,10,12,15,17H,7,9,11H2,1H3,(H,19,21);1H. The fourth-order valence-electron chi connectivity index (χ4n) is 2.49. The molecule has 0 radical (unpaired) electrons. The SMILES string of the molecule is CC(NC(=O)C1COCCN1)c1cccc(-n2cccn2)c1.Cl. The first kappa shape index (κ1) is 17.5. The Morgan fingerprint density at radius 3 is 3.04 bits per heavy atom. The lowest BCUT2D eigenvalue weighted by atomic mass is 10.1. The van der Waals surface area contributed by atoms with E-state index in [2.05, 4.69) is 15.7 Å². The molecule has 2 heterocycles. The van der Waals surface area contributed by atoms with E-state index < -0.39 is 0 Å². The first-order valence-corrected chi connectivity index (χ1v) is 7.45. The number of nitrogens with one attached hydrogen (secondary N) is 2. The number of nitrogens with zero attached hydrogens (tertiary/aromatic N) is 2. The molecule has 1 aromatic carbocycles. The summed E-state index contributed by atoms with van der Waals surface area (Å²) in [4.78, 5) is 12.2. The van der Waals surface area contributed by atoms with Gasteiger partial charge < -0.3 is 15.4 Å². The van der Waals surface area contributed by atoms with Gasteiger partial charge in [0.15, 0.2) is 0 Å². The average molecular weight is 337 g/mol. The molecule has 1 aliphatic heterocycles. The second-order valence-corrected chi connectivity index (χ2v) is 5.36. The molecule has 6 nitrogen and oxygen atoms in total. The first-order chi connectivity index (χ1) is 10.7. The Bertz CT molecular complexity index is 627. The van der Waals surface area contributed by atoms with Crippen molar-refractivity contribution in [2.75, 3.05) is 19.8 Å². The molecule has 0 spiro atoms. The summed E-state index contributed by atoms with van der Waals surface area (Å²) in [6, 6.07) is 9.52. The van der Waals surface area contributed by atoms with Crippen molar-refractivity contribution in [2.24, 2.45) is 0 Å². The van der Waals surface area contributed by atoms with Crippen LogP contribution < -0.4 is 10.6 Å². The smallest absolute Gasteiger partial charge is 0.240 e. The van der Waals surface area contributed by atoms with Crippen LogP contribution in [-0.4, -0.2) is 41.5 Å². The first-order valence-electron chi connectivity index (χ1n) is 7.45. The Balaban J connectivity index is 0.00000192. The Morgan fingerprint density at radius 2 is 2.35 bits per heavy atom. The number of benzene rings is 1. The second-order valence-electron chi connectivity index (χ2n) is 5.36. The number of hydrogen-bond acceptors (Lipinski definition) is 4. The second kappa shape index (κ2) is 8.10. The van der Waals surface area contributed by atoms with Crippen molar-refractivity contribution in [2.45, 2.75) is 19.0 Å². The minimum absolute atomic E-state index is 0. The van der Waals surface area contributed by atoms with E-state index in [0.717, 1.165) is 11.3 Å². The summed E-state index contributed by atoms with van der Waals surface area (Å²) in [5, 5.41) is 10.4. The van der Waals surface area contributed by atoms with Crippen LogP contribution in [0.5, 0.6) is 0 Å². The third-order valence-corrected chi connectivity index (χ3v) is 3.74. The Kier molecular flexibility index (Phi) is 6.15. The van der Waals surface area contributed by atoms with Gasteiger partial charge in [0.25, 0.3) is 0 Å². The predicted octanol–water partition coefficient (Wildman–Crippen LogP) is 1.46.